The Balaban J connectivity index is 2.26. The van der Waals surface area contributed by atoms with Crippen LogP contribution in [0.15, 0.2) is 23.6 Å². The molecule has 1 N–H and O–H groups in total. The molecule has 0 spiro atoms. The van der Waals surface area contributed by atoms with Gasteiger partial charge < -0.3 is 5.32 Å². The molecule has 1 heterocycles. The number of thiazole rings is 1. The topological polar surface area (TPSA) is 48.7 Å². The van der Waals surface area contributed by atoms with Crippen molar-refractivity contribution in [2.45, 2.75) is 6.92 Å². The third-order valence-corrected chi connectivity index (χ3v) is 2.83. The summed E-state index contributed by atoms with van der Waals surface area (Å²) in [6.07, 6.45) is 0. The van der Waals surface area contributed by atoms with Gasteiger partial charge in [-0.1, -0.05) is 0 Å². The van der Waals surface area contributed by atoms with Gasteiger partial charge in [-0.2, -0.15) is 5.26 Å². The SMILES string of the molecule is Cc1csc(Nc2ccc(C#N)cc2F)n1. The monoisotopic (exact) mass is 233 g/mol. The van der Waals surface area contributed by atoms with Crippen LogP contribution in [0.5, 0.6) is 0 Å². The third kappa shape index (κ3) is 2.18. The number of benzene rings is 1. The van der Waals surface area contributed by atoms with Crippen molar-refractivity contribution in [2.24, 2.45) is 0 Å². The van der Waals surface area contributed by atoms with Crippen LogP contribution in [-0.2, 0) is 0 Å². The Hall–Kier alpha value is -1.93. The molecule has 0 fully saturated rings. The van der Waals surface area contributed by atoms with Crippen LogP contribution >= 0.6 is 11.3 Å². The van der Waals surface area contributed by atoms with E-state index in [1.54, 1.807) is 6.07 Å². The van der Waals surface area contributed by atoms with E-state index < -0.39 is 5.82 Å². The van der Waals surface area contributed by atoms with Crippen LogP contribution in [0.1, 0.15) is 11.3 Å². The van der Waals surface area contributed by atoms with Crippen LogP contribution < -0.4 is 5.32 Å². The summed E-state index contributed by atoms with van der Waals surface area (Å²) in [7, 11) is 0. The van der Waals surface area contributed by atoms with Gasteiger partial charge in [0.15, 0.2) is 5.13 Å². The zero-order valence-electron chi connectivity index (χ0n) is 8.49. The minimum absolute atomic E-state index is 0.304. The van der Waals surface area contributed by atoms with Gasteiger partial charge in [-0.05, 0) is 25.1 Å². The van der Waals surface area contributed by atoms with E-state index in [2.05, 4.69) is 10.3 Å². The first kappa shape index (κ1) is 10.6. The number of anilines is 2. The van der Waals surface area contributed by atoms with E-state index in [9.17, 15) is 4.39 Å². The molecule has 5 heteroatoms. The Morgan fingerprint density at radius 1 is 1.50 bits per heavy atom. The fourth-order valence-electron chi connectivity index (χ4n) is 1.21. The molecule has 0 saturated carbocycles. The maximum absolute atomic E-state index is 13.5. The van der Waals surface area contributed by atoms with Gasteiger partial charge >= 0.3 is 0 Å². The van der Waals surface area contributed by atoms with Crippen LogP contribution in [0.2, 0.25) is 0 Å². The minimum atomic E-state index is -0.452. The third-order valence-electron chi connectivity index (χ3n) is 1.96. The Morgan fingerprint density at radius 3 is 2.88 bits per heavy atom. The number of hydrogen-bond donors (Lipinski definition) is 1. The number of nitrogens with one attached hydrogen (secondary N) is 1. The quantitative estimate of drug-likeness (QED) is 0.866. The second-order valence-corrected chi connectivity index (χ2v) is 4.08. The molecule has 80 valence electrons. The van der Waals surface area contributed by atoms with Gasteiger partial charge in [-0.25, -0.2) is 9.37 Å². The number of nitriles is 1. The number of nitrogens with zero attached hydrogens (tertiary/aromatic N) is 2. The summed E-state index contributed by atoms with van der Waals surface area (Å²) >= 11 is 1.41. The molecular formula is C11H8FN3S. The maximum atomic E-state index is 13.5. The standard InChI is InChI=1S/C11H8FN3S/c1-7-6-16-11(14-7)15-10-3-2-8(5-13)4-9(10)12/h2-4,6H,1H3,(H,14,15). The highest BCUT2D eigenvalue weighted by molar-refractivity contribution is 7.13. The van der Waals surface area contributed by atoms with Crippen LogP contribution in [0.4, 0.5) is 15.2 Å². The molecule has 1 aromatic carbocycles. The number of hydrogen-bond acceptors (Lipinski definition) is 4. The average Bonchev–Trinajstić information content (AvgIpc) is 2.67. The lowest BCUT2D eigenvalue weighted by atomic mass is 10.2. The fraction of sp³-hybridized carbons (Fsp3) is 0.0909. The largest absolute Gasteiger partial charge is 0.329 e. The molecule has 0 aliphatic carbocycles. The lowest BCUT2D eigenvalue weighted by Gasteiger charge is -2.03. The van der Waals surface area contributed by atoms with Gasteiger partial charge in [0.1, 0.15) is 5.82 Å². The molecular weight excluding hydrogens is 225 g/mol. The van der Waals surface area contributed by atoms with Crippen molar-refractivity contribution in [3.8, 4) is 6.07 Å². The Labute approximate surface area is 96.2 Å². The van der Waals surface area contributed by atoms with Crippen molar-refractivity contribution in [1.82, 2.24) is 4.98 Å². The molecule has 0 aliphatic rings. The summed E-state index contributed by atoms with van der Waals surface area (Å²) in [6.45, 7) is 1.87. The van der Waals surface area contributed by atoms with Crippen LogP contribution in [0.3, 0.4) is 0 Å². The molecule has 0 atom stereocenters. The van der Waals surface area contributed by atoms with Gasteiger partial charge in [0.05, 0.1) is 23.0 Å². The Morgan fingerprint density at radius 2 is 2.31 bits per heavy atom. The van der Waals surface area contributed by atoms with E-state index in [4.69, 9.17) is 5.26 Å². The molecule has 0 aliphatic heterocycles. The average molecular weight is 233 g/mol. The second-order valence-electron chi connectivity index (χ2n) is 3.23. The molecule has 3 nitrogen and oxygen atoms in total. The summed E-state index contributed by atoms with van der Waals surface area (Å²) in [4.78, 5) is 4.17. The molecule has 1 aromatic heterocycles. The van der Waals surface area contributed by atoms with E-state index in [-0.39, 0.29) is 0 Å². The molecule has 0 unspecified atom stereocenters. The second kappa shape index (κ2) is 4.29. The van der Waals surface area contributed by atoms with E-state index in [1.807, 2.05) is 18.4 Å². The molecule has 0 bridgehead atoms. The van der Waals surface area contributed by atoms with Crippen molar-refractivity contribution < 1.29 is 4.39 Å². The zero-order chi connectivity index (χ0) is 11.5. The zero-order valence-corrected chi connectivity index (χ0v) is 9.31. The van der Waals surface area contributed by atoms with Crippen molar-refractivity contribution in [3.63, 3.8) is 0 Å². The van der Waals surface area contributed by atoms with E-state index in [1.165, 1.54) is 23.5 Å². The highest BCUT2D eigenvalue weighted by Crippen LogP contribution is 2.23. The molecule has 0 radical (unpaired) electrons. The van der Waals surface area contributed by atoms with Gasteiger partial charge in [-0.3, -0.25) is 0 Å². The molecule has 2 aromatic rings. The smallest absolute Gasteiger partial charge is 0.187 e. The highest BCUT2D eigenvalue weighted by atomic mass is 32.1. The first-order valence-electron chi connectivity index (χ1n) is 4.58. The van der Waals surface area contributed by atoms with Gasteiger partial charge in [0.25, 0.3) is 0 Å². The molecule has 0 saturated heterocycles. The number of halogens is 1. The van der Waals surface area contributed by atoms with Gasteiger partial charge in [0, 0.05) is 5.38 Å². The first-order chi connectivity index (χ1) is 7.69. The normalized spacial score (nSPS) is 9.81. The maximum Gasteiger partial charge on any atom is 0.187 e. The molecule has 0 amide bonds. The fourth-order valence-corrected chi connectivity index (χ4v) is 1.91. The summed E-state index contributed by atoms with van der Waals surface area (Å²) in [5, 5.41) is 14.0. The van der Waals surface area contributed by atoms with Crippen molar-refractivity contribution in [3.05, 3.63) is 40.7 Å². The number of aryl methyl sites for hydroxylation is 1. The van der Waals surface area contributed by atoms with E-state index >= 15 is 0 Å². The number of rotatable bonds is 2. The minimum Gasteiger partial charge on any atom is -0.329 e. The Kier molecular flexibility index (Phi) is 2.84. The summed E-state index contributed by atoms with van der Waals surface area (Å²) in [5.41, 5.74) is 1.52. The number of aromatic nitrogens is 1. The summed E-state index contributed by atoms with van der Waals surface area (Å²) < 4.78 is 13.5. The van der Waals surface area contributed by atoms with E-state index in [0.29, 0.717) is 16.4 Å². The summed E-state index contributed by atoms with van der Waals surface area (Å²) in [5.74, 6) is -0.452. The van der Waals surface area contributed by atoms with Crippen molar-refractivity contribution in [1.29, 1.82) is 5.26 Å². The first-order valence-corrected chi connectivity index (χ1v) is 5.46. The lowest BCUT2D eigenvalue weighted by molar-refractivity contribution is 0.631. The van der Waals surface area contributed by atoms with Crippen molar-refractivity contribution >= 4 is 22.2 Å². The van der Waals surface area contributed by atoms with Gasteiger partial charge in [-0.15, -0.1) is 11.3 Å². The molecule has 2 rings (SSSR count). The van der Waals surface area contributed by atoms with E-state index in [0.717, 1.165) is 5.69 Å². The molecule has 16 heavy (non-hydrogen) atoms. The predicted molar refractivity (Wildman–Crippen MR) is 61.2 cm³/mol. The predicted octanol–water partition coefficient (Wildman–Crippen LogP) is 3.21. The summed E-state index contributed by atoms with van der Waals surface area (Å²) in [6, 6.07) is 6.17. The Bertz CT molecular complexity index is 557. The van der Waals surface area contributed by atoms with Crippen molar-refractivity contribution in [2.75, 3.05) is 5.32 Å². The van der Waals surface area contributed by atoms with Crippen LogP contribution in [0.25, 0.3) is 0 Å². The lowest BCUT2D eigenvalue weighted by Crippen LogP contribution is -1.93. The highest BCUT2D eigenvalue weighted by Gasteiger charge is 2.05. The van der Waals surface area contributed by atoms with Crippen LogP contribution in [-0.4, -0.2) is 4.98 Å². The van der Waals surface area contributed by atoms with Crippen LogP contribution in [0, 0.1) is 24.1 Å². The van der Waals surface area contributed by atoms with Gasteiger partial charge in [0.2, 0.25) is 0 Å².